The SMILES string of the molecule is CCOC(=O)C[C@]1(C)OCCc2cc(OC)c(OC)cc21. The van der Waals surface area contributed by atoms with Crippen molar-refractivity contribution >= 4 is 5.97 Å². The summed E-state index contributed by atoms with van der Waals surface area (Å²) < 4.78 is 21.6. The molecule has 21 heavy (non-hydrogen) atoms. The summed E-state index contributed by atoms with van der Waals surface area (Å²) in [5.41, 5.74) is 1.38. The molecule has 1 atom stereocenters. The number of hydrogen-bond donors (Lipinski definition) is 0. The van der Waals surface area contributed by atoms with Crippen molar-refractivity contribution in [1.29, 1.82) is 0 Å². The van der Waals surface area contributed by atoms with Crippen molar-refractivity contribution in [2.24, 2.45) is 0 Å². The van der Waals surface area contributed by atoms with Crippen LogP contribution in [0.3, 0.4) is 0 Å². The zero-order valence-corrected chi connectivity index (χ0v) is 13.0. The summed E-state index contributed by atoms with van der Waals surface area (Å²) in [5, 5.41) is 0. The third-order valence-electron chi connectivity index (χ3n) is 3.76. The van der Waals surface area contributed by atoms with Gasteiger partial charge in [-0.25, -0.2) is 0 Å². The Morgan fingerprint density at radius 3 is 2.57 bits per heavy atom. The zero-order valence-electron chi connectivity index (χ0n) is 13.0. The van der Waals surface area contributed by atoms with Gasteiger partial charge in [0.05, 0.1) is 33.9 Å². The smallest absolute Gasteiger partial charge is 0.309 e. The summed E-state index contributed by atoms with van der Waals surface area (Å²) in [6.07, 6.45) is 0.970. The van der Waals surface area contributed by atoms with E-state index in [0.717, 1.165) is 17.5 Å². The van der Waals surface area contributed by atoms with Gasteiger partial charge in [0, 0.05) is 0 Å². The van der Waals surface area contributed by atoms with Crippen molar-refractivity contribution in [3.8, 4) is 11.5 Å². The molecule has 0 aromatic heterocycles. The van der Waals surface area contributed by atoms with E-state index in [0.29, 0.717) is 24.7 Å². The van der Waals surface area contributed by atoms with Crippen LogP contribution in [0.5, 0.6) is 11.5 Å². The molecular formula is C16H22O5. The molecule has 0 radical (unpaired) electrons. The van der Waals surface area contributed by atoms with Crippen molar-refractivity contribution in [3.05, 3.63) is 23.3 Å². The first-order chi connectivity index (χ1) is 10.0. The van der Waals surface area contributed by atoms with Crippen LogP contribution in [0, 0.1) is 0 Å². The fourth-order valence-corrected chi connectivity index (χ4v) is 2.72. The standard InChI is InChI=1S/C16H22O5/c1-5-20-15(17)10-16(2)12-9-14(19-4)13(18-3)8-11(12)6-7-21-16/h8-9H,5-7,10H2,1-4H3/t16-/m0/s1. The Morgan fingerprint density at radius 2 is 1.95 bits per heavy atom. The van der Waals surface area contributed by atoms with Crippen LogP contribution in [0.2, 0.25) is 0 Å². The molecular weight excluding hydrogens is 272 g/mol. The molecule has 1 heterocycles. The molecule has 5 nitrogen and oxygen atoms in total. The molecule has 0 saturated carbocycles. The number of esters is 1. The molecule has 116 valence electrons. The average molecular weight is 294 g/mol. The summed E-state index contributed by atoms with van der Waals surface area (Å²) in [5.74, 6) is 1.07. The predicted octanol–water partition coefficient (Wildman–Crippen LogP) is 2.44. The number of carbonyl (C=O) groups is 1. The first-order valence-electron chi connectivity index (χ1n) is 7.09. The predicted molar refractivity (Wildman–Crippen MR) is 77.8 cm³/mol. The second-order valence-corrected chi connectivity index (χ2v) is 5.18. The van der Waals surface area contributed by atoms with Crippen molar-refractivity contribution in [2.45, 2.75) is 32.3 Å². The van der Waals surface area contributed by atoms with Crippen molar-refractivity contribution in [3.63, 3.8) is 0 Å². The van der Waals surface area contributed by atoms with Crippen molar-refractivity contribution in [1.82, 2.24) is 0 Å². The lowest BCUT2D eigenvalue weighted by atomic mass is 9.85. The van der Waals surface area contributed by atoms with Gasteiger partial charge in [-0.2, -0.15) is 0 Å². The largest absolute Gasteiger partial charge is 0.493 e. The molecule has 0 saturated heterocycles. The summed E-state index contributed by atoms with van der Waals surface area (Å²) in [6, 6.07) is 3.85. The van der Waals surface area contributed by atoms with Gasteiger partial charge in [0.1, 0.15) is 5.60 Å². The summed E-state index contributed by atoms with van der Waals surface area (Å²) >= 11 is 0. The van der Waals surface area contributed by atoms with E-state index >= 15 is 0 Å². The van der Waals surface area contributed by atoms with Crippen LogP contribution in [0.1, 0.15) is 31.4 Å². The minimum absolute atomic E-state index is 0.184. The zero-order chi connectivity index (χ0) is 15.5. The maximum atomic E-state index is 11.8. The van der Waals surface area contributed by atoms with E-state index in [2.05, 4.69) is 0 Å². The van der Waals surface area contributed by atoms with Crippen LogP contribution in [0.25, 0.3) is 0 Å². The minimum atomic E-state index is -0.695. The van der Waals surface area contributed by atoms with E-state index in [1.807, 2.05) is 19.1 Å². The normalized spacial score (nSPS) is 20.6. The topological polar surface area (TPSA) is 54.0 Å². The van der Waals surface area contributed by atoms with Crippen molar-refractivity contribution in [2.75, 3.05) is 27.4 Å². The summed E-state index contributed by atoms with van der Waals surface area (Å²) in [6.45, 7) is 4.64. The lowest BCUT2D eigenvalue weighted by molar-refractivity contribution is -0.152. The number of fused-ring (bicyclic) bond motifs is 1. The number of benzene rings is 1. The highest BCUT2D eigenvalue weighted by molar-refractivity contribution is 5.71. The van der Waals surface area contributed by atoms with E-state index in [-0.39, 0.29) is 12.4 Å². The monoisotopic (exact) mass is 294 g/mol. The van der Waals surface area contributed by atoms with Gasteiger partial charge in [0.15, 0.2) is 11.5 Å². The molecule has 0 aliphatic carbocycles. The Bertz CT molecular complexity index is 526. The molecule has 0 unspecified atom stereocenters. The molecule has 1 aliphatic heterocycles. The second kappa shape index (κ2) is 6.35. The highest BCUT2D eigenvalue weighted by Gasteiger charge is 2.37. The highest BCUT2D eigenvalue weighted by Crippen LogP contribution is 2.41. The highest BCUT2D eigenvalue weighted by atomic mass is 16.5. The first kappa shape index (κ1) is 15.6. The lowest BCUT2D eigenvalue weighted by Crippen LogP contribution is -2.35. The van der Waals surface area contributed by atoms with E-state index in [1.165, 1.54) is 0 Å². The Labute approximate surface area is 125 Å². The lowest BCUT2D eigenvalue weighted by Gasteiger charge is -2.36. The maximum Gasteiger partial charge on any atom is 0.309 e. The van der Waals surface area contributed by atoms with Gasteiger partial charge in [-0.05, 0) is 43.5 Å². The van der Waals surface area contributed by atoms with Gasteiger partial charge in [0.2, 0.25) is 0 Å². The van der Waals surface area contributed by atoms with Gasteiger partial charge in [0.25, 0.3) is 0 Å². The Hall–Kier alpha value is -1.75. The third-order valence-corrected chi connectivity index (χ3v) is 3.76. The van der Waals surface area contributed by atoms with Gasteiger partial charge in [-0.15, -0.1) is 0 Å². The van der Waals surface area contributed by atoms with Crippen LogP contribution in [-0.4, -0.2) is 33.4 Å². The van der Waals surface area contributed by atoms with E-state index in [1.54, 1.807) is 21.1 Å². The van der Waals surface area contributed by atoms with Crippen LogP contribution in [0.4, 0.5) is 0 Å². The fraction of sp³-hybridized carbons (Fsp3) is 0.562. The van der Waals surface area contributed by atoms with E-state index in [4.69, 9.17) is 18.9 Å². The molecule has 0 spiro atoms. The van der Waals surface area contributed by atoms with E-state index < -0.39 is 5.60 Å². The van der Waals surface area contributed by atoms with Gasteiger partial charge < -0.3 is 18.9 Å². The summed E-state index contributed by atoms with van der Waals surface area (Å²) in [4.78, 5) is 11.8. The molecule has 0 bridgehead atoms. The molecule has 0 N–H and O–H groups in total. The minimum Gasteiger partial charge on any atom is -0.493 e. The second-order valence-electron chi connectivity index (χ2n) is 5.18. The van der Waals surface area contributed by atoms with Crippen molar-refractivity contribution < 1.29 is 23.7 Å². The molecule has 1 aromatic rings. The van der Waals surface area contributed by atoms with Gasteiger partial charge >= 0.3 is 5.97 Å². The number of rotatable bonds is 5. The molecule has 1 aliphatic rings. The Balaban J connectivity index is 2.39. The fourth-order valence-electron chi connectivity index (χ4n) is 2.72. The molecule has 0 fully saturated rings. The Morgan fingerprint density at radius 1 is 1.29 bits per heavy atom. The summed E-state index contributed by atoms with van der Waals surface area (Å²) in [7, 11) is 3.21. The molecule has 5 heteroatoms. The molecule has 1 aromatic carbocycles. The first-order valence-corrected chi connectivity index (χ1v) is 7.09. The van der Waals surface area contributed by atoms with Gasteiger partial charge in [-0.3, -0.25) is 4.79 Å². The third kappa shape index (κ3) is 3.13. The number of carbonyl (C=O) groups excluding carboxylic acids is 1. The quantitative estimate of drug-likeness (QED) is 0.781. The number of ether oxygens (including phenoxy) is 4. The van der Waals surface area contributed by atoms with Crippen LogP contribution in [0.15, 0.2) is 12.1 Å². The van der Waals surface area contributed by atoms with Crippen LogP contribution < -0.4 is 9.47 Å². The number of methoxy groups -OCH3 is 2. The molecule has 0 amide bonds. The van der Waals surface area contributed by atoms with Gasteiger partial charge in [-0.1, -0.05) is 0 Å². The van der Waals surface area contributed by atoms with Crippen LogP contribution >= 0.6 is 0 Å². The maximum absolute atomic E-state index is 11.8. The van der Waals surface area contributed by atoms with Crippen LogP contribution in [-0.2, 0) is 26.3 Å². The average Bonchev–Trinajstić information content (AvgIpc) is 2.46. The van der Waals surface area contributed by atoms with E-state index in [9.17, 15) is 4.79 Å². The Kier molecular flexibility index (Phi) is 4.73. The molecule has 2 rings (SSSR count). The number of hydrogen-bond acceptors (Lipinski definition) is 5.